The van der Waals surface area contributed by atoms with Crippen molar-refractivity contribution < 1.29 is 40.3 Å². The highest BCUT2D eigenvalue weighted by molar-refractivity contribution is 7.91. The first-order chi connectivity index (χ1) is 7.81. The number of halogens is 5. The minimum atomic E-state index is -5.12. The lowest BCUT2D eigenvalue weighted by Gasteiger charge is -2.40. The van der Waals surface area contributed by atoms with Crippen LogP contribution in [-0.4, -0.2) is 43.1 Å². The second-order valence-electron chi connectivity index (χ2n) is 4.23. The van der Waals surface area contributed by atoms with Crippen LogP contribution < -0.4 is 0 Å². The van der Waals surface area contributed by atoms with Gasteiger partial charge in [0, 0.05) is 0 Å². The van der Waals surface area contributed by atoms with Gasteiger partial charge in [0.1, 0.15) is 11.2 Å². The summed E-state index contributed by atoms with van der Waals surface area (Å²) in [7, 11) is -4.23. The van der Waals surface area contributed by atoms with E-state index in [0.29, 0.717) is 0 Å². The van der Waals surface area contributed by atoms with Gasteiger partial charge < -0.3 is 5.11 Å². The van der Waals surface area contributed by atoms with Gasteiger partial charge in [-0.25, -0.2) is 17.2 Å². The Morgan fingerprint density at radius 1 is 1.28 bits per heavy atom. The summed E-state index contributed by atoms with van der Waals surface area (Å²) in [5, 5.41) is 8.68. The Hall–Kier alpha value is -0.930. The number of carboxylic acids is 1. The van der Waals surface area contributed by atoms with E-state index in [1.807, 2.05) is 0 Å². The average Bonchev–Trinajstić information content (AvgIpc) is 2.05. The van der Waals surface area contributed by atoms with Crippen LogP contribution in [-0.2, 0) is 14.6 Å². The second-order valence-corrected chi connectivity index (χ2v) is 6.41. The SMILES string of the molecule is O=C(O)C1(CC(F)(F)F)CCS(=O)(=O)CC1(F)F. The highest BCUT2D eigenvalue weighted by atomic mass is 32.2. The second kappa shape index (κ2) is 4.04. The summed E-state index contributed by atoms with van der Waals surface area (Å²) in [5.74, 6) is -9.65. The molecule has 0 amide bonds. The van der Waals surface area contributed by atoms with Crippen molar-refractivity contribution >= 4 is 15.8 Å². The van der Waals surface area contributed by atoms with Crippen LogP contribution in [0, 0.1) is 5.41 Å². The van der Waals surface area contributed by atoms with E-state index in [1.165, 1.54) is 0 Å². The summed E-state index contributed by atoms with van der Waals surface area (Å²) < 4.78 is 85.8. The Morgan fingerprint density at radius 3 is 2.11 bits per heavy atom. The molecule has 1 aliphatic heterocycles. The van der Waals surface area contributed by atoms with Crippen molar-refractivity contribution in [1.82, 2.24) is 0 Å². The highest BCUT2D eigenvalue weighted by Crippen LogP contribution is 2.51. The Kier molecular flexibility index (Phi) is 3.39. The third-order valence-electron chi connectivity index (χ3n) is 2.85. The normalized spacial score (nSPS) is 30.9. The number of sulfone groups is 1. The van der Waals surface area contributed by atoms with E-state index in [0.717, 1.165) is 0 Å². The molecule has 0 bridgehead atoms. The van der Waals surface area contributed by atoms with Crippen LogP contribution in [0.15, 0.2) is 0 Å². The van der Waals surface area contributed by atoms with Crippen molar-refractivity contribution in [3.05, 3.63) is 0 Å². The molecule has 1 rings (SSSR count). The smallest absolute Gasteiger partial charge is 0.390 e. The number of alkyl halides is 5. The molecule has 1 aliphatic rings. The van der Waals surface area contributed by atoms with Crippen LogP contribution >= 0.6 is 0 Å². The number of carbonyl (C=O) groups is 1. The van der Waals surface area contributed by atoms with Crippen LogP contribution in [0.3, 0.4) is 0 Å². The molecule has 0 spiro atoms. The van der Waals surface area contributed by atoms with Gasteiger partial charge in [0.15, 0.2) is 9.84 Å². The van der Waals surface area contributed by atoms with Gasteiger partial charge >= 0.3 is 12.1 Å². The van der Waals surface area contributed by atoms with E-state index in [9.17, 15) is 35.2 Å². The number of carboxylic acid groups (broad SMARTS) is 1. The fraction of sp³-hybridized carbons (Fsp3) is 0.875. The highest BCUT2D eigenvalue weighted by Gasteiger charge is 2.66. The standard InChI is InChI=1S/C8H9F5O4S/c9-7(10)4-18(16,17)2-1-6(7,5(14)15)3-8(11,12)13/h1-4H2,(H,14,15). The fourth-order valence-electron chi connectivity index (χ4n) is 1.90. The van der Waals surface area contributed by atoms with Crippen LogP contribution in [0.1, 0.15) is 12.8 Å². The van der Waals surface area contributed by atoms with Crippen LogP contribution in [0.2, 0.25) is 0 Å². The Bertz CT molecular complexity index is 455. The summed E-state index contributed by atoms with van der Waals surface area (Å²) in [6.45, 7) is 0. The van der Waals surface area contributed by atoms with Crippen LogP contribution in [0.25, 0.3) is 0 Å². The zero-order valence-electron chi connectivity index (χ0n) is 8.80. The van der Waals surface area contributed by atoms with Gasteiger partial charge in [-0.15, -0.1) is 0 Å². The lowest BCUT2D eigenvalue weighted by atomic mass is 9.75. The molecule has 0 aromatic carbocycles. The molecular formula is C8H9F5O4S. The fourth-order valence-corrected chi connectivity index (χ4v) is 3.53. The zero-order valence-corrected chi connectivity index (χ0v) is 9.61. The molecule has 1 unspecified atom stereocenters. The van der Waals surface area contributed by atoms with Gasteiger partial charge in [0.2, 0.25) is 0 Å². The van der Waals surface area contributed by atoms with Crippen molar-refractivity contribution in [3.8, 4) is 0 Å². The van der Waals surface area contributed by atoms with Gasteiger partial charge in [-0.2, -0.15) is 13.2 Å². The molecule has 1 N–H and O–H groups in total. The third kappa shape index (κ3) is 2.73. The topological polar surface area (TPSA) is 71.4 Å². The summed E-state index contributed by atoms with van der Waals surface area (Å²) >= 11 is 0. The van der Waals surface area contributed by atoms with Crippen LogP contribution in [0.5, 0.6) is 0 Å². The first-order valence-corrected chi connectivity index (χ1v) is 6.52. The molecule has 0 saturated carbocycles. The van der Waals surface area contributed by atoms with Gasteiger partial charge in [0.05, 0.1) is 12.2 Å². The predicted octanol–water partition coefficient (Wildman–Crippen LogP) is 1.46. The molecule has 106 valence electrons. The summed E-state index contributed by atoms with van der Waals surface area (Å²) in [5.41, 5.74) is -3.41. The van der Waals surface area contributed by atoms with Gasteiger partial charge in [0.25, 0.3) is 5.92 Å². The maximum atomic E-state index is 13.5. The Labute approximate surface area is 98.7 Å². The summed E-state index contributed by atoms with van der Waals surface area (Å²) in [4.78, 5) is 10.8. The number of aliphatic carboxylic acids is 1. The monoisotopic (exact) mass is 296 g/mol. The van der Waals surface area contributed by atoms with E-state index in [4.69, 9.17) is 5.11 Å². The molecule has 1 saturated heterocycles. The first-order valence-electron chi connectivity index (χ1n) is 4.70. The average molecular weight is 296 g/mol. The summed E-state index contributed by atoms with van der Waals surface area (Å²) in [6, 6.07) is 0. The number of hydrogen-bond donors (Lipinski definition) is 1. The molecule has 1 heterocycles. The molecule has 1 fully saturated rings. The van der Waals surface area contributed by atoms with E-state index in [2.05, 4.69) is 0 Å². The molecular weight excluding hydrogens is 287 g/mol. The molecule has 1 atom stereocenters. The third-order valence-corrected chi connectivity index (χ3v) is 4.48. The van der Waals surface area contributed by atoms with Crippen molar-refractivity contribution in [1.29, 1.82) is 0 Å². The molecule has 4 nitrogen and oxygen atoms in total. The maximum absolute atomic E-state index is 13.5. The largest absolute Gasteiger partial charge is 0.481 e. The lowest BCUT2D eigenvalue weighted by molar-refractivity contribution is -0.218. The molecule has 0 aliphatic carbocycles. The van der Waals surface area contributed by atoms with E-state index < -0.39 is 57.7 Å². The zero-order chi connectivity index (χ0) is 14.4. The van der Waals surface area contributed by atoms with Crippen molar-refractivity contribution in [2.24, 2.45) is 5.41 Å². The van der Waals surface area contributed by atoms with E-state index in [-0.39, 0.29) is 0 Å². The number of hydrogen-bond acceptors (Lipinski definition) is 3. The van der Waals surface area contributed by atoms with Crippen molar-refractivity contribution in [2.75, 3.05) is 11.5 Å². The molecule has 10 heteroatoms. The van der Waals surface area contributed by atoms with Gasteiger partial charge in [-0.3, -0.25) is 4.79 Å². The van der Waals surface area contributed by atoms with Crippen molar-refractivity contribution in [2.45, 2.75) is 24.9 Å². The van der Waals surface area contributed by atoms with Crippen LogP contribution in [0.4, 0.5) is 22.0 Å². The molecule has 0 aromatic rings. The maximum Gasteiger partial charge on any atom is 0.390 e. The van der Waals surface area contributed by atoms with Gasteiger partial charge in [-0.1, -0.05) is 0 Å². The minimum absolute atomic E-state index is 0.995. The van der Waals surface area contributed by atoms with E-state index in [1.54, 1.807) is 0 Å². The first kappa shape index (κ1) is 15.1. The molecule has 18 heavy (non-hydrogen) atoms. The Morgan fingerprint density at radius 2 is 1.78 bits per heavy atom. The van der Waals surface area contributed by atoms with Crippen molar-refractivity contribution in [3.63, 3.8) is 0 Å². The predicted molar refractivity (Wildman–Crippen MR) is 49.0 cm³/mol. The lowest BCUT2D eigenvalue weighted by Crippen LogP contribution is -2.57. The minimum Gasteiger partial charge on any atom is -0.481 e. The Balaban J connectivity index is 3.25. The summed E-state index contributed by atoms with van der Waals surface area (Å²) in [6.07, 6.45) is -8.63. The number of rotatable bonds is 2. The molecule has 0 aromatic heterocycles. The van der Waals surface area contributed by atoms with Gasteiger partial charge in [-0.05, 0) is 6.42 Å². The quantitative estimate of drug-likeness (QED) is 0.783. The molecule has 0 radical (unpaired) electrons. The van der Waals surface area contributed by atoms with E-state index >= 15 is 0 Å².